The summed E-state index contributed by atoms with van der Waals surface area (Å²) in [4.78, 5) is 19.4. The van der Waals surface area contributed by atoms with Gasteiger partial charge < -0.3 is 20.7 Å². The van der Waals surface area contributed by atoms with E-state index in [0.717, 1.165) is 49.7 Å². The molecule has 0 spiro atoms. The molecular weight excluding hydrogens is 378 g/mol. The van der Waals surface area contributed by atoms with Gasteiger partial charge in [0, 0.05) is 44.0 Å². The first kappa shape index (κ1) is 24.2. The maximum absolute atomic E-state index is 12.3. The molecular formula is C23H39N5O2. The SMILES string of the molecule is CCNC(=NCc1cccc(NC(=O)C2CCCO2)c1)NCCN(C(C)C)C(C)C. The van der Waals surface area contributed by atoms with Crippen molar-refractivity contribution in [1.82, 2.24) is 15.5 Å². The topological polar surface area (TPSA) is 78.0 Å². The Morgan fingerprint density at radius 1 is 1.23 bits per heavy atom. The van der Waals surface area contributed by atoms with E-state index in [1.54, 1.807) is 0 Å². The van der Waals surface area contributed by atoms with Crippen LogP contribution in [0.4, 0.5) is 5.69 Å². The van der Waals surface area contributed by atoms with Crippen LogP contribution >= 0.6 is 0 Å². The highest BCUT2D eigenvalue weighted by atomic mass is 16.5. The molecule has 0 aromatic heterocycles. The van der Waals surface area contributed by atoms with Crippen LogP contribution < -0.4 is 16.0 Å². The molecule has 0 radical (unpaired) electrons. The molecule has 1 unspecified atom stereocenters. The summed E-state index contributed by atoms with van der Waals surface area (Å²) >= 11 is 0. The number of aliphatic imine (C=N–C) groups is 1. The van der Waals surface area contributed by atoms with E-state index < -0.39 is 0 Å². The number of anilines is 1. The average Bonchev–Trinajstić information content (AvgIpc) is 3.24. The summed E-state index contributed by atoms with van der Waals surface area (Å²) in [6.07, 6.45) is 1.41. The lowest BCUT2D eigenvalue weighted by molar-refractivity contribution is -0.124. The molecule has 1 saturated heterocycles. The lowest BCUT2D eigenvalue weighted by Gasteiger charge is -2.30. The van der Waals surface area contributed by atoms with Crippen LogP contribution in [0.3, 0.4) is 0 Å². The first-order valence-corrected chi connectivity index (χ1v) is 11.2. The van der Waals surface area contributed by atoms with Gasteiger partial charge in [-0.1, -0.05) is 12.1 Å². The van der Waals surface area contributed by atoms with Gasteiger partial charge in [0.1, 0.15) is 6.10 Å². The molecule has 1 aromatic rings. The van der Waals surface area contributed by atoms with Crippen molar-refractivity contribution in [1.29, 1.82) is 0 Å². The molecule has 0 aliphatic carbocycles. The number of nitrogens with one attached hydrogen (secondary N) is 3. The summed E-state index contributed by atoms with van der Waals surface area (Å²) < 4.78 is 5.45. The van der Waals surface area contributed by atoms with Crippen molar-refractivity contribution in [2.75, 3.05) is 31.6 Å². The van der Waals surface area contributed by atoms with E-state index in [0.29, 0.717) is 25.2 Å². The Balaban J connectivity index is 1.91. The Kier molecular flexibility index (Phi) is 10.1. The van der Waals surface area contributed by atoms with Gasteiger partial charge in [-0.25, -0.2) is 4.99 Å². The molecule has 7 heteroatoms. The number of benzene rings is 1. The van der Waals surface area contributed by atoms with Crippen LogP contribution in [-0.4, -0.2) is 61.2 Å². The number of guanidine groups is 1. The number of hydrogen-bond acceptors (Lipinski definition) is 4. The third-order valence-corrected chi connectivity index (χ3v) is 5.17. The Morgan fingerprint density at radius 2 is 2.00 bits per heavy atom. The van der Waals surface area contributed by atoms with Crippen LogP contribution in [-0.2, 0) is 16.1 Å². The molecule has 2 rings (SSSR count). The Morgan fingerprint density at radius 3 is 2.63 bits per heavy atom. The second-order valence-corrected chi connectivity index (χ2v) is 8.24. The van der Waals surface area contributed by atoms with E-state index in [1.807, 2.05) is 24.3 Å². The van der Waals surface area contributed by atoms with Crippen molar-refractivity contribution < 1.29 is 9.53 Å². The van der Waals surface area contributed by atoms with Gasteiger partial charge in [-0.15, -0.1) is 0 Å². The van der Waals surface area contributed by atoms with Crippen LogP contribution in [0.5, 0.6) is 0 Å². The average molecular weight is 418 g/mol. The van der Waals surface area contributed by atoms with Crippen molar-refractivity contribution >= 4 is 17.6 Å². The fourth-order valence-electron chi connectivity index (χ4n) is 3.68. The maximum atomic E-state index is 12.3. The first-order chi connectivity index (χ1) is 14.4. The highest BCUT2D eigenvalue weighted by molar-refractivity contribution is 5.94. The van der Waals surface area contributed by atoms with Crippen LogP contribution in [0.25, 0.3) is 0 Å². The third-order valence-electron chi connectivity index (χ3n) is 5.17. The van der Waals surface area contributed by atoms with Gasteiger partial charge in [-0.05, 0) is 65.2 Å². The molecule has 30 heavy (non-hydrogen) atoms. The minimum Gasteiger partial charge on any atom is -0.368 e. The van der Waals surface area contributed by atoms with Gasteiger partial charge in [0.05, 0.1) is 6.54 Å². The number of hydrogen-bond donors (Lipinski definition) is 3. The fourth-order valence-corrected chi connectivity index (χ4v) is 3.68. The summed E-state index contributed by atoms with van der Waals surface area (Å²) in [7, 11) is 0. The van der Waals surface area contributed by atoms with Crippen LogP contribution in [0.15, 0.2) is 29.3 Å². The van der Waals surface area contributed by atoms with E-state index >= 15 is 0 Å². The van der Waals surface area contributed by atoms with Crippen molar-refractivity contribution in [3.8, 4) is 0 Å². The Labute approximate surface area is 181 Å². The minimum absolute atomic E-state index is 0.0667. The van der Waals surface area contributed by atoms with Crippen molar-refractivity contribution in [3.05, 3.63) is 29.8 Å². The smallest absolute Gasteiger partial charge is 0.253 e. The largest absolute Gasteiger partial charge is 0.368 e. The number of ether oxygens (including phenoxy) is 1. The van der Waals surface area contributed by atoms with Crippen molar-refractivity contribution in [2.24, 2.45) is 4.99 Å². The summed E-state index contributed by atoms with van der Waals surface area (Å²) in [5, 5.41) is 9.68. The molecule has 1 aromatic carbocycles. The quantitative estimate of drug-likeness (QED) is 0.403. The van der Waals surface area contributed by atoms with E-state index in [2.05, 4.69) is 55.5 Å². The fraction of sp³-hybridized carbons (Fsp3) is 0.652. The zero-order valence-electron chi connectivity index (χ0n) is 19.2. The van der Waals surface area contributed by atoms with Gasteiger partial charge in [-0.2, -0.15) is 0 Å². The zero-order chi connectivity index (χ0) is 21.9. The van der Waals surface area contributed by atoms with E-state index in [1.165, 1.54) is 0 Å². The minimum atomic E-state index is -0.326. The van der Waals surface area contributed by atoms with Crippen LogP contribution in [0, 0.1) is 0 Å². The Hall–Kier alpha value is -2.12. The van der Waals surface area contributed by atoms with E-state index in [-0.39, 0.29) is 12.0 Å². The molecule has 1 aliphatic heterocycles. The first-order valence-electron chi connectivity index (χ1n) is 11.2. The number of carbonyl (C=O) groups excluding carboxylic acids is 1. The molecule has 1 amide bonds. The lowest BCUT2D eigenvalue weighted by Crippen LogP contribution is -2.45. The number of amides is 1. The molecule has 168 valence electrons. The van der Waals surface area contributed by atoms with E-state index in [4.69, 9.17) is 9.73 Å². The molecule has 1 atom stereocenters. The van der Waals surface area contributed by atoms with Crippen molar-refractivity contribution in [3.63, 3.8) is 0 Å². The van der Waals surface area contributed by atoms with Gasteiger partial charge in [0.25, 0.3) is 5.91 Å². The molecule has 0 bridgehead atoms. The standard InChI is InChI=1S/C23H39N5O2/c1-6-24-23(25-12-13-28(17(2)3)18(4)5)26-16-19-9-7-10-20(15-19)27-22(29)21-11-8-14-30-21/h7,9-10,15,17-18,21H,6,8,11-14,16H2,1-5H3,(H,27,29)(H2,24,25,26). The number of rotatable bonds is 10. The van der Waals surface area contributed by atoms with Gasteiger partial charge >= 0.3 is 0 Å². The molecule has 3 N–H and O–H groups in total. The molecule has 7 nitrogen and oxygen atoms in total. The van der Waals surface area contributed by atoms with Gasteiger partial charge in [0.2, 0.25) is 0 Å². The zero-order valence-corrected chi connectivity index (χ0v) is 19.2. The Bertz CT molecular complexity index is 676. The number of carbonyl (C=O) groups is 1. The third kappa shape index (κ3) is 7.95. The van der Waals surface area contributed by atoms with Gasteiger partial charge in [0.15, 0.2) is 5.96 Å². The molecule has 1 fully saturated rings. The maximum Gasteiger partial charge on any atom is 0.253 e. The summed E-state index contributed by atoms with van der Waals surface area (Å²) in [6.45, 7) is 14.8. The van der Waals surface area contributed by atoms with Crippen molar-refractivity contribution in [2.45, 2.75) is 72.2 Å². The summed E-state index contributed by atoms with van der Waals surface area (Å²) in [5.74, 6) is 0.738. The number of nitrogens with zero attached hydrogens (tertiary/aromatic N) is 2. The molecule has 1 aliphatic rings. The van der Waals surface area contributed by atoms with Crippen LogP contribution in [0.1, 0.15) is 53.0 Å². The summed E-state index contributed by atoms with van der Waals surface area (Å²) in [6, 6.07) is 8.86. The highest BCUT2D eigenvalue weighted by Gasteiger charge is 2.23. The molecule has 1 heterocycles. The van der Waals surface area contributed by atoms with Crippen LogP contribution in [0.2, 0.25) is 0 Å². The van der Waals surface area contributed by atoms with Gasteiger partial charge in [-0.3, -0.25) is 9.69 Å². The monoisotopic (exact) mass is 417 g/mol. The molecule has 0 saturated carbocycles. The predicted molar refractivity (Wildman–Crippen MR) is 124 cm³/mol. The second kappa shape index (κ2) is 12.5. The summed E-state index contributed by atoms with van der Waals surface area (Å²) in [5.41, 5.74) is 1.83. The highest BCUT2D eigenvalue weighted by Crippen LogP contribution is 2.16. The van der Waals surface area contributed by atoms with E-state index in [9.17, 15) is 4.79 Å². The normalized spacial score (nSPS) is 17.1. The lowest BCUT2D eigenvalue weighted by atomic mass is 10.2. The second-order valence-electron chi connectivity index (χ2n) is 8.24. The predicted octanol–water partition coefficient (Wildman–Crippen LogP) is 2.98.